The van der Waals surface area contributed by atoms with Crippen molar-refractivity contribution in [1.82, 2.24) is 0 Å². The molecule has 0 aliphatic rings. The summed E-state index contributed by atoms with van der Waals surface area (Å²) in [7, 11) is 0. The lowest BCUT2D eigenvalue weighted by atomic mass is 9.78. The van der Waals surface area contributed by atoms with Crippen molar-refractivity contribution >= 4 is 5.97 Å². The molecule has 114 valence electrons. The molecule has 0 heterocycles. The van der Waals surface area contributed by atoms with Gasteiger partial charge in [0.15, 0.2) is 0 Å². The van der Waals surface area contributed by atoms with Crippen LogP contribution in [0.25, 0.3) is 0 Å². The fraction of sp³-hybridized carbons (Fsp3) is 0.938. The predicted octanol–water partition coefficient (Wildman–Crippen LogP) is 4.89. The molecule has 0 aromatic heterocycles. The molecule has 0 aliphatic heterocycles. The summed E-state index contributed by atoms with van der Waals surface area (Å²) in [6.07, 6.45) is 6.72. The van der Waals surface area contributed by atoms with Crippen LogP contribution in [-0.2, 0) is 14.6 Å². The van der Waals surface area contributed by atoms with Crippen LogP contribution in [0.5, 0.6) is 0 Å². The van der Waals surface area contributed by atoms with Crippen LogP contribution in [0, 0.1) is 11.3 Å². The lowest BCUT2D eigenvalue weighted by Gasteiger charge is -2.28. The largest absolute Gasteiger partial charge is 0.348 e. The lowest BCUT2D eigenvalue weighted by molar-refractivity contribution is -0.282. The standard InChI is InChI=1S/C16H32O3/c1-6-9-12-16(7-2,8-3)15(17)19-18-13-10-11-14(4)5/h14H,6-13H2,1-5H3. The minimum Gasteiger partial charge on any atom is -0.298 e. The van der Waals surface area contributed by atoms with Crippen molar-refractivity contribution in [3.63, 3.8) is 0 Å². The van der Waals surface area contributed by atoms with Gasteiger partial charge in [0, 0.05) is 0 Å². The Morgan fingerprint density at radius 1 is 1.11 bits per heavy atom. The first-order chi connectivity index (χ1) is 9.02. The Hall–Kier alpha value is -0.570. The number of hydrogen-bond acceptors (Lipinski definition) is 3. The van der Waals surface area contributed by atoms with Crippen LogP contribution in [0.1, 0.15) is 79.6 Å². The van der Waals surface area contributed by atoms with Crippen LogP contribution < -0.4 is 0 Å². The van der Waals surface area contributed by atoms with E-state index in [1.807, 2.05) is 0 Å². The number of unbranched alkanes of at least 4 members (excludes halogenated alkanes) is 1. The highest BCUT2D eigenvalue weighted by Gasteiger charge is 2.36. The summed E-state index contributed by atoms with van der Waals surface area (Å²) in [5.41, 5.74) is -0.353. The molecule has 0 unspecified atom stereocenters. The second-order valence-corrected chi connectivity index (χ2v) is 5.82. The van der Waals surface area contributed by atoms with Crippen LogP contribution >= 0.6 is 0 Å². The van der Waals surface area contributed by atoms with E-state index in [0.717, 1.165) is 44.9 Å². The van der Waals surface area contributed by atoms with Gasteiger partial charge in [0.25, 0.3) is 0 Å². The first-order valence-electron chi connectivity index (χ1n) is 7.86. The summed E-state index contributed by atoms with van der Waals surface area (Å²) >= 11 is 0. The van der Waals surface area contributed by atoms with E-state index in [9.17, 15) is 4.79 Å². The molecular weight excluding hydrogens is 240 g/mol. The Morgan fingerprint density at radius 2 is 1.74 bits per heavy atom. The normalized spacial score (nSPS) is 11.9. The van der Waals surface area contributed by atoms with E-state index in [2.05, 4.69) is 34.6 Å². The Morgan fingerprint density at radius 3 is 2.21 bits per heavy atom. The van der Waals surface area contributed by atoms with E-state index in [0.29, 0.717) is 12.5 Å². The molecule has 0 spiro atoms. The lowest BCUT2D eigenvalue weighted by Crippen LogP contribution is -2.32. The highest BCUT2D eigenvalue weighted by Crippen LogP contribution is 2.34. The predicted molar refractivity (Wildman–Crippen MR) is 78.7 cm³/mol. The highest BCUT2D eigenvalue weighted by molar-refractivity contribution is 5.76. The van der Waals surface area contributed by atoms with E-state index in [-0.39, 0.29) is 11.4 Å². The SMILES string of the molecule is CCCCC(CC)(CC)C(=O)OOCCCC(C)C. The average molecular weight is 272 g/mol. The van der Waals surface area contributed by atoms with E-state index < -0.39 is 0 Å². The molecule has 0 saturated heterocycles. The zero-order valence-electron chi connectivity index (χ0n) is 13.5. The van der Waals surface area contributed by atoms with Crippen molar-refractivity contribution in [2.45, 2.75) is 79.6 Å². The highest BCUT2D eigenvalue weighted by atomic mass is 17.2. The molecule has 0 saturated carbocycles. The zero-order chi connectivity index (χ0) is 14.7. The summed E-state index contributed by atoms with van der Waals surface area (Å²) in [4.78, 5) is 22.3. The smallest absolute Gasteiger partial charge is 0.298 e. The van der Waals surface area contributed by atoms with Gasteiger partial charge in [-0.25, -0.2) is 4.79 Å². The quantitative estimate of drug-likeness (QED) is 0.305. The average Bonchev–Trinajstić information content (AvgIpc) is 2.39. The molecular formula is C16H32O3. The third-order valence-corrected chi connectivity index (χ3v) is 3.94. The topological polar surface area (TPSA) is 35.5 Å². The molecule has 0 rings (SSSR count). The van der Waals surface area contributed by atoms with Gasteiger partial charge in [0.2, 0.25) is 0 Å². The Kier molecular flexibility index (Phi) is 9.94. The molecule has 0 N–H and O–H groups in total. The summed E-state index contributed by atoms with van der Waals surface area (Å²) in [5, 5.41) is 0. The fourth-order valence-corrected chi connectivity index (χ4v) is 2.24. The Bertz CT molecular complexity index is 232. The number of rotatable bonds is 11. The van der Waals surface area contributed by atoms with Crippen molar-refractivity contribution in [2.24, 2.45) is 11.3 Å². The Balaban J connectivity index is 4.11. The molecule has 0 aliphatic carbocycles. The Labute approximate surface area is 119 Å². The fourth-order valence-electron chi connectivity index (χ4n) is 2.24. The molecule has 3 nitrogen and oxygen atoms in total. The van der Waals surface area contributed by atoms with Crippen LogP contribution in [0.3, 0.4) is 0 Å². The number of carbonyl (C=O) groups is 1. The molecule has 0 radical (unpaired) electrons. The summed E-state index contributed by atoms with van der Waals surface area (Å²) in [6, 6.07) is 0. The van der Waals surface area contributed by atoms with Gasteiger partial charge in [-0.3, -0.25) is 4.89 Å². The molecule has 0 bridgehead atoms. The van der Waals surface area contributed by atoms with Crippen LogP contribution in [-0.4, -0.2) is 12.6 Å². The third kappa shape index (κ3) is 6.95. The second kappa shape index (κ2) is 10.2. The second-order valence-electron chi connectivity index (χ2n) is 5.82. The molecule has 3 heteroatoms. The molecule has 0 aromatic carbocycles. The molecule has 19 heavy (non-hydrogen) atoms. The molecule has 0 aromatic rings. The van der Waals surface area contributed by atoms with Gasteiger partial charge < -0.3 is 0 Å². The van der Waals surface area contributed by atoms with Crippen LogP contribution in [0.4, 0.5) is 0 Å². The van der Waals surface area contributed by atoms with Crippen LogP contribution in [0.15, 0.2) is 0 Å². The first kappa shape index (κ1) is 18.4. The van der Waals surface area contributed by atoms with Crippen molar-refractivity contribution in [3.8, 4) is 0 Å². The van der Waals surface area contributed by atoms with E-state index in [1.165, 1.54) is 0 Å². The van der Waals surface area contributed by atoms with Crippen molar-refractivity contribution in [1.29, 1.82) is 0 Å². The summed E-state index contributed by atoms with van der Waals surface area (Å²) in [6.45, 7) is 11.1. The van der Waals surface area contributed by atoms with E-state index in [4.69, 9.17) is 9.78 Å². The maximum Gasteiger partial charge on any atom is 0.348 e. The summed E-state index contributed by atoms with van der Waals surface area (Å²) < 4.78 is 0. The molecule has 0 amide bonds. The maximum absolute atomic E-state index is 12.2. The van der Waals surface area contributed by atoms with Gasteiger partial charge in [-0.1, -0.05) is 47.5 Å². The maximum atomic E-state index is 12.2. The van der Waals surface area contributed by atoms with Crippen molar-refractivity contribution in [3.05, 3.63) is 0 Å². The van der Waals surface area contributed by atoms with Crippen molar-refractivity contribution < 1.29 is 14.6 Å². The molecule has 0 fully saturated rings. The minimum atomic E-state index is -0.353. The zero-order valence-corrected chi connectivity index (χ0v) is 13.5. The first-order valence-corrected chi connectivity index (χ1v) is 7.86. The van der Waals surface area contributed by atoms with Gasteiger partial charge in [-0.15, -0.1) is 0 Å². The van der Waals surface area contributed by atoms with E-state index >= 15 is 0 Å². The van der Waals surface area contributed by atoms with Gasteiger partial charge in [0.05, 0.1) is 12.0 Å². The van der Waals surface area contributed by atoms with Gasteiger partial charge in [0.1, 0.15) is 0 Å². The van der Waals surface area contributed by atoms with Crippen LogP contribution in [0.2, 0.25) is 0 Å². The minimum absolute atomic E-state index is 0.185. The molecule has 0 atom stereocenters. The number of hydrogen-bond donors (Lipinski definition) is 0. The third-order valence-electron chi connectivity index (χ3n) is 3.94. The van der Waals surface area contributed by atoms with Gasteiger partial charge in [-0.2, -0.15) is 4.89 Å². The van der Waals surface area contributed by atoms with Gasteiger partial charge in [-0.05, 0) is 38.0 Å². The number of carbonyl (C=O) groups excluding carboxylic acids is 1. The monoisotopic (exact) mass is 272 g/mol. The summed E-state index contributed by atoms with van der Waals surface area (Å²) in [5.74, 6) is 0.477. The van der Waals surface area contributed by atoms with Gasteiger partial charge >= 0.3 is 5.97 Å². The van der Waals surface area contributed by atoms with Crippen molar-refractivity contribution in [2.75, 3.05) is 6.61 Å². The van der Waals surface area contributed by atoms with E-state index in [1.54, 1.807) is 0 Å².